The van der Waals surface area contributed by atoms with E-state index in [2.05, 4.69) is 27.2 Å². The largest absolute Gasteiger partial charge is 0.376 e. The highest BCUT2D eigenvalue weighted by atomic mass is 79.9. The van der Waals surface area contributed by atoms with E-state index >= 15 is 0 Å². The fourth-order valence-electron chi connectivity index (χ4n) is 1.19. The minimum absolute atomic E-state index is 0.539. The zero-order valence-electron chi connectivity index (χ0n) is 8.34. The summed E-state index contributed by atoms with van der Waals surface area (Å²) in [6.45, 7) is 0.539. The summed E-state index contributed by atoms with van der Waals surface area (Å²) in [5, 5.41) is 3.18. The van der Waals surface area contributed by atoms with Gasteiger partial charge in [-0.3, -0.25) is 0 Å². The highest BCUT2D eigenvalue weighted by molar-refractivity contribution is 9.10. The molecule has 0 amide bonds. The van der Waals surface area contributed by atoms with Gasteiger partial charge in [-0.15, -0.1) is 6.42 Å². The van der Waals surface area contributed by atoms with Gasteiger partial charge in [0, 0.05) is 18.6 Å². The first-order valence-corrected chi connectivity index (χ1v) is 5.08. The van der Waals surface area contributed by atoms with Gasteiger partial charge in [-0.05, 0) is 18.2 Å². The van der Waals surface area contributed by atoms with Gasteiger partial charge in [-0.2, -0.15) is 0 Å². The Hall–Kier alpha value is -1.14. The SMILES string of the molecule is C#CCNc1cc(Br)ccc1N(C)C. The van der Waals surface area contributed by atoms with Crippen molar-refractivity contribution in [2.75, 3.05) is 30.9 Å². The molecule has 2 nitrogen and oxygen atoms in total. The van der Waals surface area contributed by atoms with Crippen molar-refractivity contribution in [2.24, 2.45) is 0 Å². The molecule has 14 heavy (non-hydrogen) atoms. The molecule has 1 aromatic rings. The molecule has 3 heteroatoms. The van der Waals surface area contributed by atoms with Crippen molar-refractivity contribution in [2.45, 2.75) is 0 Å². The summed E-state index contributed by atoms with van der Waals surface area (Å²) in [4.78, 5) is 2.05. The number of nitrogens with zero attached hydrogens (tertiary/aromatic N) is 1. The molecule has 0 aliphatic carbocycles. The van der Waals surface area contributed by atoms with Crippen molar-refractivity contribution in [3.05, 3.63) is 22.7 Å². The van der Waals surface area contributed by atoms with E-state index in [1.807, 2.05) is 37.2 Å². The molecule has 0 unspecified atom stereocenters. The van der Waals surface area contributed by atoms with Crippen molar-refractivity contribution in [1.82, 2.24) is 0 Å². The monoisotopic (exact) mass is 252 g/mol. The predicted octanol–water partition coefficient (Wildman–Crippen LogP) is 2.56. The van der Waals surface area contributed by atoms with E-state index in [1.165, 1.54) is 0 Å². The summed E-state index contributed by atoms with van der Waals surface area (Å²) < 4.78 is 1.04. The summed E-state index contributed by atoms with van der Waals surface area (Å²) >= 11 is 3.43. The zero-order valence-corrected chi connectivity index (χ0v) is 9.93. The first-order chi connectivity index (χ1) is 6.65. The normalized spacial score (nSPS) is 9.29. The quantitative estimate of drug-likeness (QED) is 0.833. The molecular weight excluding hydrogens is 240 g/mol. The van der Waals surface area contributed by atoms with Crippen LogP contribution in [0.1, 0.15) is 0 Å². The molecule has 1 aromatic carbocycles. The first kappa shape index (κ1) is 10.9. The maximum absolute atomic E-state index is 5.20. The van der Waals surface area contributed by atoms with Crippen LogP contribution in [0.4, 0.5) is 11.4 Å². The van der Waals surface area contributed by atoms with Crippen molar-refractivity contribution < 1.29 is 0 Å². The molecule has 0 radical (unpaired) electrons. The number of hydrogen-bond donors (Lipinski definition) is 1. The summed E-state index contributed by atoms with van der Waals surface area (Å²) in [5.74, 6) is 2.56. The Morgan fingerprint density at radius 2 is 2.21 bits per heavy atom. The number of halogens is 1. The van der Waals surface area contributed by atoms with Crippen LogP contribution in [0.2, 0.25) is 0 Å². The molecule has 0 atom stereocenters. The van der Waals surface area contributed by atoms with Gasteiger partial charge in [0.25, 0.3) is 0 Å². The van der Waals surface area contributed by atoms with Gasteiger partial charge in [0.15, 0.2) is 0 Å². The van der Waals surface area contributed by atoms with Gasteiger partial charge in [0.1, 0.15) is 0 Å². The van der Waals surface area contributed by atoms with Crippen LogP contribution in [-0.4, -0.2) is 20.6 Å². The molecule has 1 rings (SSSR count). The Morgan fingerprint density at radius 3 is 2.79 bits per heavy atom. The van der Waals surface area contributed by atoms with Gasteiger partial charge >= 0.3 is 0 Å². The third-order valence-electron chi connectivity index (χ3n) is 1.82. The number of nitrogens with one attached hydrogen (secondary N) is 1. The lowest BCUT2D eigenvalue weighted by Crippen LogP contribution is -2.12. The van der Waals surface area contributed by atoms with Crippen LogP contribution in [0.3, 0.4) is 0 Å². The summed E-state index contributed by atoms with van der Waals surface area (Å²) in [5.41, 5.74) is 2.17. The standard InChI is InChI=1S/C11H13BrN2/c1-4-7-13-10-8-9(12)5-6-11(10)14(2)3/h1,5-6,8,13H,7H2,2-3H3. The van der Waals surface area contributed by atoms with E-state index in [1.54, 1.807) is 0 Å². The maximum atomic E-state index is 5.20. The third-order valence-corrected chi connectivity index (χ3v) is 2.31. The lowest BCUT2D eigenvalue weighted by Gasteiger charge is -2.17. The molecule has 0 aliphatic heterocycles. The molecule has 0 aliphatic rings. The number of hydrogen-bond acceptors (Lipinski definition) is 2. The van der Waals surface area contributed by atoms with E-state index in [9.17, 15) is 0 Å². The Bertz CT molecular complexity index is 353. The molecule has 74 valence electrons. The van der Waals surface area contributed by atoms with E-state index in [0.29, 0.717) is 6.54 Å². The van der Waals surface area contributed by atoms with Crippen molar-refractivity contribution in [3.8, 4) is 12.3 Å². The third kappa shape index (κ3) is 2.68. The van der Waals surface area contributed by atoms with E-state index < -0.39 is 0 Å². The molecule has 0 saturated carbocycles. The highest BCUT2D eigenvalue weighted by Gasteiger charge is 2.03. The zero-order chi connectivity index (χ0) is 10.6. The number of rotatable bonds is 3. The Morgan fingerprint density at radius 1 is 1.50 bits per heavy atom. The fraction of sp³-hybridized carbons (Fsp3) is 0.273. The second-order valence-electron chi connectivity index (χ2n) is 3.11. The fourth-order valence-corrected chi connectivity index (χ4v) is 1.55. The Balaban J connectivity index is 2.98. The van der Waals surface area contributed by atoms with Crippen LogP contribution in [-0.2, 0) is 0 Å². The van der Waals surface area contributed by atoms with E-state index in [0.717, 1.165) is 15.8 Å². The minimum atomic E-state index is 0.539. The summed E-state index contributed by atoms with van der Waals surface area (Å²) in [7, 11) is 4.01. The van der Waals surface area contributed by atoms with Crippen LogP contribution >= 0.6 is 15.9 Å². The second-order valence-corrected chi connectivity index (χ2v) is 4.03. The molecule has 0 aromatic heterocycles. The highest BCUT2D eigenvalue weighted by Crippen LogP contribution is 2.27. The molecular formula is C11H13BrN2. The smallest absolute Gasteiger partial charge is 0.0764 e. The predicted molar refractivity (Wildman–Crippen MR) is 65.8 cm³/mol. The molecule has 0 heterocycles. The van der Waals surface area contributed by atoms with Gasteiger partial charge in [0.2, 0.25) is 0 Å². The summed E-state index contributed by atoms with van der Waals surface area (Å²) in [6, 6.07) is 6.08. The Labute approximate surface area is 93.4 Å². The number of anilines is 2. The van der Waals surface area contributed by atoms with E-state index in [-0.39, 0.29) is 0 Å². The lowest BCUT2D eigenvalue weighted by atomic mass is 10.2. The maximum Gasteiger partial charge on any atom is 0.0764 e. The second kappa shape index (κ2) is 4.92. The molecule has 0 saturated heterocycles. The Kier molecular flexibility index (Phi) is 3.84. The topological polar surface area (TPSA) is 15.3 Å². The van der Waals surface area contributed by atoms with Crippen LogP contribution < -0.4 is 10.2 Å². The van der Waals surface area contributed by atoms with Crippen LogP contribution in [0.15, 0.2) is 22.7 Å². The van der Waals surface area contributed by atoms with E-state index in [4.69, 9.17) is 6.42 Å². The number of terminal acetylenes is 1. The van der Waals surface area contributed by atoms with Crippen molar-refractivity contribution in [1.29, 1.82) is 0 Å². The van der Waals surface area contributed by atoms with Gasteiger partial charge in [0.05, 0.1) is 17.9 Å². The van der Waals surface area contributed by atoms with Crippen LogP contribution in [0.5, 0.6) is 0 Å². The molecule has 0 bridgehead atoms. The number of benzene rings is 1. The summed E-state index contributed by atoms with van der Waals surface area (Å²) in [6.07, 6.45) is 5.20. The van der Waals surface area contributed by atoms with Crippen LogP contribution in [0, 0.1) is 12.3 Å². The van der Waals surface area contributed by atoms with Gasteiger partial charge < -0.3 is 10.2 Å². The van der Waals surface area contributed by atoms with Gasteiger partial charge in [-0.25, -0.2) is 0 Å². The van der Waals surface area contributed by atoms with Crippen molar-refractivity contribution in [3.63, 3.8) is 0 Å². The van der Waals surface area contributed by atoms with Crippen molar-refractivity contribution >= 4 is 27.3 Å². The average Bonchev–Trinajstić information content (AvgIpc) is 2.14. The van der Waals surface area contributed by atoms with Gasteiger partial charge in [-0.1, -0.05) is 21.9 Å². The molecule has 1 N–H and O–H groups in total. The average molecular weight is 253 g/mol. The minimum Gasteiger partial charge on any atom is -0.376 e. The molecule has 0 fully saturated rings. The lowest BCUT2D eigenvalue weighted by molar-refractivity contribution is 1.13. The first-order valence-electron chi connectivity index (χ1n) is 4.29. The molecule has 0 spiro atoms. The van der Waals surface area contributed by atoms with Crippen LogP contribution in [0.25, 0.3) is 0 Å².